The zero-order valence-electron chi connectivity index (χ0n) is 3.98. The quantitative estimate of drug-likeness (QED) is 0.412. The minimum atomic E-state index is -0.399. The first-order valence-electron chi connectivity index (χ1n) is 2.08. The second-order valence-corrected chi connectivity index (χ2v) is 2.64. The van der Waals surface area contributed by atoms with Gasteiger partial charge in [0.25, 0.3) is 5.24 Å². The summed E-state index contributed by atoms with van der Waals surface area (Å²) in [6.45, 7) is 0. The van der Waals surface area contributed by atoms with Gasteiger partial charge in [0.15, 0.2) is 0 Å². The van der Waals surface area contributed by atoms with Crippen molar-refractivity contribution in [3.8, 4) is 0 Å². The van der Waals surface area contributed by atoms with Gasteiger partial charge >= 0.3 is 0 Å². The molecule has 0 atom stereocenters. The molecule has 1 aliphatic heterocycles. The van der Waals surface area contributed by atoms with E-state index in [1.54, 1.807) is 6.08 Å². The number of carbonyl (C=O) groups excluding carboxylic acids is 1. The van der Waals surface area contributed by atoms with Crippen LogP contribution in [-0.4, -0.2) is 11.0 Å². The third-order valence-corrected chi connectivity index (χ3v) is 1.95. The molecule has 1 heterocycles. The third-order valence-electron chi connectivity index (χ3n) is 0.723. The number of hydrogen-bond acceptors (Lipinski definition) is 2. The average Bonchev–Trinajstić information content (AvgIpc) is 2.12. The molecule has 0 spiro atoms. The highest BCUT2D eigenvalue weighted by Crippen LogP contribution is 2.21. The first-order chi connectivity index (χ1) is 3.80. The van der Waals surface area contributed by atoms with E-state index in [1.165, 1.54) is 11.8 Å². The Morgan fingerprint density at radius 2 is 2.75 bits per heavy atom. The summed E-state index contributed by atoms with van der Waals surface area (Å²) in [5.41, 5.74) is 2.73. The van der Waals surface area contributed by atoms with Gasteiger partial charge in [0.05, 0.1) is 0 Å². The van der Waals surface area contributed by atoms with Crippen molar-refractivity contribution in [2.45, 2.75) is 0 Å². The summed E-state index contributed by atoms with van der Waals surface area (Å²) in [6, 6.07) is 0. The van der Waals surface area contributed by atoms with Crippen molar-refractivity contribution >= 4 is 28.6 Å². The average molecular weight is 147 g/mol. The molecule has 0 bridgehead atoms. The summed E-state index contributed by atoms with van der Waals surface area (Å²) >= 11 is 6.52. The van der Waals surface area contributed by atoms with Crippen molar-refractivity contribution in [1.29, 1.82) is 0 Å². The smallest absolute Gasteiger partial charge is 0.266 e. The Labute approximate surface area is 56.4 Å². The maximum absolute atomic E-state index is 10.3. The lowest BCUT2D eigenvalue weighted by atomic mass is 10.6. The van der Waals surface area contributed by atoms with Crippen molar-refractivity contribution < 1.29 is 4.79 Å². The van der Waals surface area contributed by atoms with Gasteiger partial charge in [-0.2, -0.15) is 0 Å². The fourth-order valence-electron chi connectivity index (χ4n) is 0.415. The Morgan fingerprint density at radius 3 is 3.00 bits per heavy atom. The topological polar surface area (TPSA) is 17.1 Å². The van der Waals surface area contributed by atoms with Crippen LogP contribution < -0.4 is 0 Å². The molecule has 0 unspecified atom stereocenters. The Balaban J connectivity index is 2.74. The molecule has 42 valence electrons. The largest absolute Gasteiger partial charge is 0.274 e. The standard InChI is InChI=1S/C5H3ClOS/c6-5(7)4-2-1-3-8-4/h1H,3H2. The Kier molecular flexibility index (Phi) is 1.79. The van der Waals surface area contributed by atoms with E-state index in [1.807, 2.05) is 0 Å². The predicted molar refractivity (Wildman–Crippen MR) is 34.9 cm³/mol. The third kappa shape index (κ3) is 1.16. The van der Waals surface area contributed by atoms with Crippen LogP contribution >= 0.6 is 23.4 Å². The van der Waals surface area contributed by atoms with Gasteiger partial charge in [-0.25, -0.2) is 0 Å². The van der Waals surface area contributed by atoms with E-state index in [9.17, 15) is 4.79 Å². The molecule has 0 aliphatic carbocycles. The van der Waals surface area contributed by atoms with Crippen LogP contribution in [0.5, 0.6) is 0 Å². The molecular weight excluding hydrogens is 144 g/mol. The SMILES string of the molecule is O=C(Cl)C1=C=CCS1. The second kappa shape index (κ2) is 2.40. The van der Waals surface area contributed by atoms with Gasteiger partial charge in [0.2, 0.25) is 0 Å². The van der Waals surface area contributed by atoms with Crippen LogP contribution in [0.25, 0.3) is 0 Å². The zero-order chi connectivity index (χ0) is 5.98. The fourth-order valence-corrected chi connectivity index (χ4v) is 1.25. The van der Waals surface area contributed by atoms with Crippen molar-refractivity contribution in [3.05, 3.63) is 16.7 Å². The first-order valence-corrected chi connectivity index (χ1v) is 3.45. The number of hydrogen-bond donors (Lipinski definition) is 0. The van der Waals surface area contributed by atoms with Crippen molar-refractivity contribution in [1.82, 2.24) is 0 Å². The molecule has 0 fully saturated rings. The van der Waals surface area contributed by atoms with E-state index in [0.717, 1.165) is 5.75 Å². The molecule has 0 radical (unpaired) electrons. The molecule has 0 saturated heterocycles. The number of rotatable bonds is 1. The van der Waals surface area contributed by atoms with E-state index in [2.05, 4.69) is 5.73 Å². The van der Waals surface area contributed by atoms with Crippen LogP contribution in [0, 0.1) is 0 Å². The number of thioether (sulfide) groups is 1. The first kappa shape index (κ1) is 5.96. The Bertz CT molecular complexity index is 179. The highest BCUT2D eigenvalue weighted by molar-refractivity contribution is 8.04. The van der Waals surface area contributed by atoms with Crippen LogP contribution in [-0.2, 0) is 4.79 Å². The van der Waals surface area contributed by atoms with Gasteiger partial charge in [-0.1, -0.05) is 0 Å². The molecule has 0 aromatic carbocycles. The lowest BCUT2D eigenvalue weighted by molar-refractivity contribution is -0.107. The van der Waals surface area contributed by atoms with Gasteiger partial charge in [-0.3, -0.25) is 4.79 Å². The van der Waals surface area contributed by atoms with Crippen LogP contribution in [0.3, 0.4) is 0 Å². The predicted octanol–water partition coefficient (Wildman–Crippen LogP) is 1.54. The van der Waals surface area contributed by atoms with E-state index in [0.29, 0.717) is 4.91 Å². The maximum Gasteiger partial charge on any atom is 0.266 e. The van der Waals surface area contributed by atoms with Crippen LogP contribution in [0.1, 0.15) is 0 Å². The minimum absolute atomic E-state index is 0.399. The normalized spacial score (nSPS) is 16.4. The molecule has 1 aliphatic rings. The highest BCUT2D eigenvalue weighted by Gasteiger charge is 2.07. The second-order valence-electron chi connectivity index (χ2n) is 1.26. The van der Waals surface area contributed by atoms with Crippen LogP contribution in [0.4, 0.5) is 0 Å². The number of halogens is 1. The number of carbonyl (C=O) groups is 1. The Morgan fingerprint density at radius 1 is 2.00 bits per heavy atom. The monoisotopic (exact) mass is 146 g/mol. The van der Waals surface area contributed by atoms with E-state index >= 15 is 0 Å². The van der Waals surface area contributed by atoms with Gasteiger partial charge in [-0.15, -0.1) is 17.5 Å². The minimum Gasteiger partial charge on any atom is -0.274 e. The van der Waals surface area contributed by atoms with E-state index in [4.69, 9.17) is 11.6 Å². The highest BCUT2D eigenvalue weighted by atomic mass is 35.5. The molecule has 0 N–H and O–H groups in total. The van der Waals surface area contributed by atoms with E-state index < -0.39 is 5.24 Å². The van der Waals surface area contributed by atoms with Crippen LogP contribution in [0.2, 0.25) is 0 Å². The van der Waals surface area contributed by atoms with Gasteiger partial charge < -0.3 is 0 Å². The van der Waals surface area contributed by atoms with Gasteiger partial charge in [0, 0.05) is 5.75 Å². The summed E-state index contributed by atoms with van der Waals surface area (Å²) in [5, 5.41) is -0.399. The summed E-state index contributed by atoms with van der Waals surface area (Å²) < 4.78 is 0. The summed E-state index contributed by atoms with van der Waals surface area (Å²) in [5.74, 6) is 0.827. The van der Waals surface area contributed by atoms with Crippen molar-refractivity contribution in [2.75, 3.05) is 5.75 Å². The molecule has 1 rings (SSSR count). The van der Waals surface area contributed by atoms with Crippen LogP contribution in [0.15, 0.2) is 16.7 Å². The summed E-state index contributed by atoms with van der Waals surface area (Å²) in [4.78, 5) is 10.8. The zero-order valence-corrected chi connectivity index (χ0v) is 5.55. The fraction of sp³-hybridized carbons (Fsp3) is 0.200. The Hall–Kier alpha value is -0.170. The molecule has 8 heavy (non-hydrogen) atoms. The van der Waals surface area contributed by atoms with E-state index in [-0.39, 0.29) is 0 Å². The summed E-state index contributed by atoms with van der Waals surface area (Å²) in [7, 11) is 0. The summed E-state index contributed by atoms with van der Waals surface area (Å²) in [6.07, 6.45) is 1.79. The van der Waals surface area contributed by atoms with Gasteiger partial charge in [0.1, 0.15) is 4.91 Å². The lowest BCUT2D eigenvalue weighted by Crippen LogP contribution is -1.82. The molecular formula is C5H3ClOS. The lowest BCUT2D eigenvalue weighted by Gasteiger charge is -1.85. The van der Waals surface area contributed by atoms with Gasteiger partial charge in [-0.05, 0) is 17.7 Å². The molecule has 0 amide bonds. The molecule has 0 aromatic heterocycles. The van der Waals surface area contributed by atoms with Crippen molar-refractivity contribution in [3.63, 3.8) is 0 Å². The molecule has 1 nitrogen and oxygen atoms in total. The maximum atomic E-state index is 10.3. The molecule has 3 heteroatoms. The molecule has 0 aromatic rings. The molecule has 0 saturated carbocycles. The van der Waals surface area contributed by atoms with Crippen molar-refractivity contribution in [2.24, 2.45) is 0 Å².